The van der Waals surface area contributed by atoms with E-state index in [0.717, 1.165) is 11.8 Å². The van der Waals surface area contributed by atoms with E-state index in [1.807, 2.05) is 6.07 Å². The minimum absolute atomic E-state index is 0.159. The Morgan fingerprint density at radius 1 is 1.06 bits per heavy atom. The number of carbonyl (C=O) groups excluding carboxylic acids is 1. The van der Waals surface area contributed by atoms with Gasteiger partial charge >= 0.3 is 5.91 Å². The number of sulfonamides is 1. The van der Waals surface area contributed by atoms with Crippen LogP contribution < -0.4 is 14.2 Å². The summed E-state index contributed by atoms with van der Waals surface area (Å²) in [6.07, 6.45) is 2.91. The van der Waals surface area contributed by atoms with E-state index in [4.69, 9.17) is 13.9 Å². The van der Waals surface area contributed by atoms with Gasteiger partial charge in [-0.2, -0.15) is 5.10 Å². The first-order valence-electron chi connectivity index (χ1n) is 10.0. The second-order valence-electron chi connectivity index (χ2n) is 7.42. The van der Waals surface area contributed by atoms with Gasteiger partial charge < -0.3 is 13.9 Å². The number of amides is 1. The SMILES string of the molecule is COc1cccc(OC)c1[C@@H]1CC(c2ccc(NS(C)(=O)=O)cc2)=NN1C(=O)c1ccco1. The summed E-state index contributed by atoms with van der Waals surface area (Å²) in [5.74, 6) is 0.899. The smallest absolute Gasteiger partial charge is 0.310 e. The number of ether oxygens (including phenoxy) is 2. The van der Waals surface area contributed by atoms with Gasteiger partial charge in [-0.05, 0) is 42.0 Å². The molecule has 10 heteroatoms. The fourth-order valence-electron chi connectivity index (χ4n) is 3.76. The average Bonchev–Trinajstić information content (AvgIpc) is 3.48. The first-order valence-corrected chi connectivity index (χ1v) is 11.9. The summed E-state index contributed by atoms with van der Waals surface area (Å²) >= 11 is 0. The van der Waals surface area contributed by atoms with Crippen LogP contribution in [0.5, 0.6) is 11.5 Å². The number of nitrogens with zero attached hydrogens (tertiary/aromatic N) is 2. The molecule has 2 aromatic carbocycles. The molecule has 9 nitrogen and oxygen atoms in total. The summed E-state index contributed by atoms with van der Waals surface area (Å²) in [4.78, 5) is 13.2. The van der Waals surface area contributed by atoms with Gasteiger partial charge in [-0.15, -0.1) is 0 Å². The van der Waals surface area contributed by atoms with Crippen LogP contribution in [-0.2, 0) is 10.0 Å². The van der Waals surface area contributed by atoms with Crippen LogP contribution in [0.25, 0.3) is 0 Å². The maximum absolute atomic E-state index is 13.2. The van der Waals surface area contributed by atoms with Crippen molar-refractivity contribution in [2.45, 2.75) is 12.5 Å². The third kappa shape index (κ3) is 4.70. The molecule has 0 spiro atoms. The zero-order valence-corrected chi connectivity index (χ0v) is 19.1. The van der Waals surface area contributed by atoms with Crippen molar-refractivity contribution in [3.05, 3.63) is 77.7 Å². The van der Waals surface area contributed by atoms with Crippen molar-refractivity contribution in [2.75, 3.05) is 25.2 Å². The van der Waals surface area contributed by atoms with Crippen LogP contribution in [0.2, 0.25) is 0 Å². The monoisotopic (exact) mass is 469 g/mol. The normalized spacial score (nSPS) is 15.8. The molecule has 1 aromatic heterocycles. The van der Waals surface area contributed by atoms with Crippen molar-refractivity contribution in [3.8, 4) is 11.5 Å². The Morgan fingerprint density at radius 3 is 2.27 bits per heavy atom. The van der Waals surface area contributed by atoms with E-state index in [9.17, 15) is 13.2 Å². The molecule has 0 saturated carbocycles. The minimum Gasteiger partial charge on any atom is -0.496 e. The molecular formula is C23H23N3O6S. The highest BCUT2D eigenvalue weighted by Crippen LogP contribution is 2.43. The van der Waals surface area contributed by atoms with Crippen molar-refractivity contribution in [2.24, 2.45) is 5.10 Å². The number of rotatable bonds is 7. The van der Waals surface area contributed by atoms with Gasteiger partial charge in [-0.1, -0.05) is 18.2 Å². The maximum atomic E-state index is 13.2. The minimum atomic E-state index is -3.39. The van der Waals surface area contributed by atoms with Gasteiger partial charge in [0.15, 0.2) is 5.76 Å². The van der Waals surface area contributed by atoms with Crippen molar-refractivity contribution in [1.82, 2.24) is 5.01 Å². The topological polar surface area (TPSA) is 110 Å². The summed E-state index contributed by atoms with van der Waals surface area (Å²) in [6.45, 7) is 0. The van der Waals surface area contributed by atoms with Crippen LogP contribution in [0.3, 0.4) is 0 Å². The summed E-state index contributed by atoms with van der Waals surface area (Å²) in [5.41, 5.74) is 2.53. The predicted molar refractivity (Wildman–Crippen MR) is 123 cm³/mol. The van der Waals surface area contributed by atoms with Gasteiger partial charge in [0, 0.05) is 12.1 Å². The molecule has 3 aromatic rings. The van der Waals surface area contributed by atoms with Gasteiger partial charge in [0.2, 0.25) is 10.0 Å². The summed E-state index contributed by atoms with van der Waals surface area (Å²) in [7, 11) is -0.272. The van der Waals surface area contributed by atoms with E-state index in [-0.39, 0.29) is 5.76 Å². The lowest BCUT2D eigenvalue weighted by Crippen LogP contribution is -2.27. The van der Waals surface area contributed by atoms with E-state index in [1.54, 1.807) is 62.8 Å². The molecule has 0 radical (unpaired) electrons. The van der Waals surface area contributed by atoms with Gasteiger partial charge in [-0.25, -0.2) is 13.4 Å². The molecule has 0 saturated heterocycles. The van der Waals surface area contributed by atoms with Gasteiger partial charge in [0.05, 0.1) is 44.1 Å². The number of benzene rings is 2. The summed E-state index contributed by atoms with van der Waals surface area (Å²) in [6, 6.07) is 14.9. The van der Waals surface area contributed by atoms with E-state index < -0.39 is 22.0 Å². The molecule has 0 bridgehead atoms. The van der Waals surface area contributed by atoms with Crippen LogP contribution in [-0.4, -0.2) is 45.5 Å². The molecule has 1 amide bonds. The van der Waals surface area contributed by atoms with Gasteiger partial charge in [0.1, 0.15) is 11.5 Å². The molecule has 0 aliphatic carbocycles. The van der Waals surface area contributed by atoms with E-state index in [2.05, 4.69) is 9.82 Å². The molecule has 4 rings (SSSR count). The molecule has 1 aliphatic heterocycles. The Morgan fingerprint density at radius 2 is 1.73 bits per heavy atom. The molecule has 172 valence electrons. The quantitative estimate of drug-likeness (QED) is 0.565. The number of hydrazone groups is 1. The number of hydrogen-bond acceptors (Lipinski definition) is 7. The molecule has 1 N–H and O–H groups in total. The molecule has 1 aliphatic rings. The van der Waals surface area contributed by atoms with Crippen molar-refractivity contribution in [1.29, 1.82) is 0 Å². The Balaban J connectivity index is 1.74. The predicted octanol–water partition coefficient (Wildman–Crippen LogP) is 3.66. The fraction of sp³-hybridized carbons (Fsp3) is 0.217. The average molecular weight is 470 g/mol. The Hall–Kier alpha value is -3.79. The van der Waals surface area contributed by atoms with Gasteiger partial charge in [-0.3, -0.25) is 9.52 Å². The maximum Gasteiger partial charge on any atom is 0.310 e. The van der Waals surface area contributed by atoms with Crippen LogP contribution >= 0.6 is 0 Å². The highest BCUT2D eigenvalue weighted by Gasteiger charge is 2.38. The summed E-state index contributed by atoms with van der Waals surface area (Å²) < 4.78 is 41.8. The second kappa shape index (κ2) is 8.99. The lowest BCUT2D eigenvalue weighted by atomic mass is 9.96. The van der Waals surface area contributed by atoms with Crippen LogP contribution in [0, 0.1) is 0 Å². The Bertz CT molecular complexity index is 1260. The number of anilines is 1. The van der Waals surface area contributed by atoms with E-state index >= 15 is 0 Å². The summed E-state index contributed by atoms with van der Waals surface area (Å²) in [5, 5.41) is 5.99. The first-order chi connectivity index (χ1) is 15.8. The highest BCUT2D eigenvalue weighted by atomic mass is 32.2. The van der Waals surface area contributed by atoms with Crippen LogP contribution in [0.4, 0.5) is 5.69 Å². The lowest BCUT2D eigenvalue weighted by molar-refractivity contribution is 0.0675. The van der Waals surface area contributed by atoms with Crippen molar-refractivity contribution in [3.63, 3.8) is 0 Å². The van der Waals surface area contributed by atoms with Crippen LogP contribution in [0.15, 0.2) is 70.4 Å². The Kier molecular flexibility index (Phi) is 6.10. The third-order valence-electron chi connectivity index (χ3n) is 5.17. The molecule has 0 unspecified atom stereocenters. The Labute approximate surface area is 191 Å². The molecule has 2 heterocycles. The number of methoxy groups -OCH3 is 2. The van der Waals surface area contributed by atoms with Crippen molar-refractivity contribution < 1.29 is 27.1 Å². The standard InChI is InChI=1S/C23H23N3O6S/c1-30-19-6-4-7-20(31-2)22(19)18-14-17(24-26(18)23(27)21-8-5-13-32-21)15-9-11-16(12-10-15)25-33(3,28)29/h4-13,18,25H,14H2,1-3H3/t18-/m0/s1. The number of hydrogen-bond donors (Lipinski definition) is 1. The lowest BCUT2D eigenvalue weighted by Gasteiger charge is -2.24. The first kappa shape index (κ1) is 22.4. The zero-order chi connectivity index (χ0) is 23.6. The highest BCUT2D eigenvalue weighted by molar-refractivity contribution is 7.92. The number of carbonyl (C=O) groups is 1. The molecule has 1 atom stereocenters. The molecular weight excluding hydrogens is 446 g/mol. The van der Waals surface area contributed by atoms with E-state index in [0.29, 0.717) is 34.9 Å². The van der Waals surface area contributed by atoms with Gasteiger partial charge in [0.25, 0.3) is 0 Å². The largest absolute Gasteiger partial charge is 0.496 e. The number of nitrogens with one attached hydrogen (secondary N) is 1. The second-order valence-corrected chi connectivity index (χ2v) is 9.17. The number of furan rings is 1. The third-order valence-corrected chi connectivity index (χ3v) is 5.78. The van der Waals surface area contributed by atoms with E-state index in [1.165, 1.54) is 11.3 Å². The zero-order valence-electron chi connectivity index (χ0n) is 18.3. The molecule has 33 heavy (non-hydrogen) atoms. The fourth-order valence-corrected chi connectivity index (χ4v) is 4.33. The molecule has 0 fully saturated rings. The van der Waals surface area contributed by atoms with Crippen molar-refractivity contribution >= 4 is 27.3 Å². The van der Waals surface area contributed by atoms with Crippen LogP contribution in [0.1, 0.15) is 34.1 Å².